The predicted octanol–water partition coefficient (Wildman–Crippen LogP) is 3.76. The molecule has 1 saturated carbocycles. The molecule has 1 N–H and O–H groups in total. The zero-order valence-corrected chi connectivity index (χ0v) is 15.8. The lowest BCUT2D eigenvalue weighted by Crippen LogP contribution is -2.29. The van der Waals surface area contributed by atoms with E-state index in [9.17, 15) is 9.59 Å². The first-order valence-corrected chi connectivity index (χ1v) is 10.3. The molecule has 0 unspecified atom stereocenters. The topological polar surface area (TPSA) is 73.2 Å². The minimum Gasteiger partial charge on any atom is -0.443 e. The molecule has 1 aliphatic heterocycles. The summed E-state index contributed by atoms with van der Waals surface area (Å²) in [7, 11) is 0. The number of nitrogens with zero attached hydrogens (tertiary/aromatic N) is 2. The number of fused-ring (bicyclic) bond motifs is 1. The number of amides is 1. The number of aromatic nitrogens is 2. The van der Waals surface area contributed by atoms with Gasteiger partial charge in [0.05, 0.1) is 17.4 Å². The van der Waals surface area contributed by atoms with Gasteiger partial charge in [0.25, 0.3) is 5.56 Å². The van der Waals surface area contributed by atoms with Crippen molar-refractivity contribution in [1.29, 1.82) is 0 Å². The third-order valence-electron chi connectivity index (χ3n) is 4.92. The molecule has 1 saturated heterocycles. The maximum absolute atomic E-state index is 13.2. The molecule has 0 radical (unpaired) electrons. The third kappa shape index (κ3) is 3.55. The molecule has 0 spiro atoms. The summed E-state index contributed by atoms with van der Waals surface area (Å²) in [5.41, 5.74) is 0.598. The molecule has 2 aliphatic rings. The molecule has 1 aromatic carbocycles. The van der Waals surface area contributed by atoms with E-state index in [1.165, 1.54) is 18.2 Å². The Bertz CT molecular complexity index is 895. The van der Waals surface area contributed by atoms with Crippen LogP contribution in [0.3, 0.4) is 0 Å². The summed E-state index contributed by atoms with van der Waals surface area (Å²) < 4.78 is 7.05. The maximum Gasteiger partial charge on any atom is 0.407 e. The molecule has 2 aromatic rings. The average Bonchev–Trinajstić information content (AvgIpc) is 3.06. The molecule has 0 bridgehead atoms. The van der Waals surface area contributed by atoms with Crippen LogP contribution in [0.5, 0.6) is 0 Å². The second-order valence-corrected chi connectivity index (χ2v) is 8.17. The third-order valence-corrected chi connectivity index (χ3v) is 6.24. The van der Waals surface area contributed by atoms with Crippen LogP contribution < -0.4 is 10.9 Å². The molecule has 1 aliphatic carbocycles. The Morgan fingerprint density at radius 2 is 2.08 bits per heavy atom. The number of hydrogen-bond acceptors (Lipinski definition) is 5. The van der Waals surface area contributed by atoms with Crippen molar-refractivity contribution in [3.8, 4) is 0 Å². The average molecular weight is 394 g/mol. The van der Waals surface area contributed by atoms with Gasteiger partial charge in [0.2, 0.25) is 0 Å². The fourth-order valence-corrected chi connectivity index (χ4v) is 4.83. The van der Waals surface area contributed by atoms with Gasteiger partial charge in [0.1, 0.15) is 6.10 Å². The van der Waals surface area contributed by atoms with Gasteiger partial charge >= 0.3 is 6.09 Å². The Morgan fingerprint density at radius 3 is 2.81 bits per heavy atom. The Labute approximate surface area is 160 Å². The minimum absolute atomic E-state index is 0.0115. The van der Waals surface area contributed by atoms with Crippen molar-refractivity contribution in [3.05, 3.63) is 33.6 Å². The van der Waals surface area contributed by atoms with E-state index >= 15 is 0 Å². The summed E-state index contributed by atoms with van der Waals surface area (Å²) in [4.78, 5) is 29.1. The van der Waals surface area contributed by atoms with E-state index in [0.29, 0.717) is 33.4 Å². The highest BCUT2D eigenvalue weighted by atomic mass is 35.5. The molecule has 138 valence electrons. The van der Waals surface area contributed by atoms with Gasteiger partial charge in [-0.15, -0.1) is 0 Å². The first-order valence-electron chi connectivity index (χ1n) is 8.91. The van der Waals surface area contributed by atoms with Crippen molar-refractivity contribution < 1.29 is 9.53 Å². The lowest BCUT2D eigenvalue weighted by atomic mass is 9.95. The van der Waals surface area contributed by atoms with Gasteiger partial charge < -0.3 is 10.1 Å². The molecular formula is C18H20ClN3O3S. The van der Waals surface area contributed by atoms with E-state index < -0.39 is 6.09 Å². The first kappa shape index (κ1) is 17.7. The number of ether oxygens (including phenoxy) is 1. The van der Waals surface area contributed by atoms with Crippen molar-refractivity contribution in [2.24, 2.45) is 0 Å². The van der Waals surface area contributed by atoms with Crippen LogP contribution >= 0.6 is 23.4 Å². The smallest absolute Gasteiger partial charge is 0.407 e. The van der Waals surface area contributed by atoms with Crippen LogP contribution in [-0.2, 0) is 4.74 Å². The number of halogens is 1. The van der Waals surface area contributed by atoms with E-state index in [1.54, 1.807) is 18.2 Å². The molecule has 6 nitrogen and oxygen atoms in total. The van der Waals surface area contributed by atoms with Crippen LogP contribution in [0.25, 0.3) is 10.9 Å². The zero-order chi connectivity index (χ0) is 18.1. The number of alkyl carbamates (subject to hydrolysis) is 1. The lowest BCUT2D eigenvalue weighted by molar-refractivity contribution is 0.150. The fourth-order valence-electron chi connectivity index (χ4n) is 3.61. The van der Waals surface area contributed by atoms with Crippen molar-refractivity contribution in [2.45, 2.75) is 49.4 Å². The number of hydrogen-bond donors (Lipinski definition) is 1. The van der Waals surface area contributed by atoms with Crippen molar-refractivity contribution in [2.75, 3.05) is 12.3 Å². The van der Waals surface area contributed by atoms with Crippen LogP contribution in [-0.4, -0.2) is 34.0 Å². The Balaban J connectivity index is 1.72. The molecule has 26 heavy (non-hydrogen) atoms. The van der Waals surface area contributed by atoms with Crippen LogP contribution in [0.1, 0.15) is 38.1 Å². The van der Waals surface area contributed by atoms with Gasteiger partial charge in [-0.3, -0.25) is 9.36 Å². The zero-order valence-electron chi connectivity index (χ0n) is 14.2. The summed E-state index contributed by atoms with van der Waals surface area (Å²) in [5, 5.41) is 4.49. The second kappa shape index (κ2) is 7.48. The summed E-state index contributed by atoms with van der Waals surface area (Å²) in [6.45, 7) is 0.485. The molecule has 8 heteroatoms. The standard InChI is InChI=1S/C18H20ClN3O3S/c19-11-6-7-14-15(8-11)21-17(26-10-13-9-20-18(24)25-13)22(16(14)23)12-4-2-1-3-5-12/h6-8,12-13H,1-5,9-10H2,(H,20,24)/t13-/m0/s1. The van der Waals surface area contributed by atoms with E-state index in [-0.39, 0.29) is 17.7 Å². The highest BCUT2D eigenvalue weighted by molar-refractivity contribution is 7.99. The van der Waals surface area contributed by atoms with Gasteiger partial charge in [-0.05, 0) is 31.0 Å². The SMILES string of the molecule is O=C1NC[C@@H](CSc2nc3cc(Cl)ccc3c(=O)n2C2CCCCC2)O1. The molecule has 1 atom stereocenters. The summed E-state index contributed by atoms with van der Waals surface area (Å²) in [5.74, 6) is 0.559. The predicted molar refractivity (Wildman–Crippen MR) is 102 cm³/mol. The molecular weight excluding hydrogens is 374 g/mol. The molecule has 4 rings (SSSR count). The highest BCUT2D eigenvalue weighted by Crippen LogP contribution is 2.31. The molecule has 1 aromatic heterocycles. The largest absolute Gasteiger partial charge is 0.443 e. The number of carbonyl (C=O) groups excluding carboxylic acids is 1. The maximum atomic E-state index is 13.2. The number of cyclic esters (lactones) is 1. The van der Waals surface area contributed by atoms with Gasteiger partial charge in [-0.2, -0.15) is 0 Å². The van der Waals surface area contributed by atoms with E-state index in [4.69, 9.17) is 21.3 Å². The van der Waals surface area contributed by atoms with E-state index in [1.807, 2.05) is 4.57 Å². The van der Waals surface area contributed by atoms with E-state index in [2.05, 4.69) is 5.32 Å². The second-order valence-electron chi connectivity index (χ2n) is 6.74. The van der Waals surface area contributed by atoms with Crippen molar-refractivity contribution in [3.63, 3.8) is 0 Å². The van der Waals surface area contributed by atoms with E-state index in [0.717, 1.165) is 25.7 Å². The normalized spacial score (nSPS) is 21.0. The number of nitrogens with one attached hydrogen (secondary N) is 1. The van der Waals surface area contributed by atoms with Gasteiger partial charge in [-0.1, -0.05) is 42.6 Å². The number of benzene rings is 1. The Kier molecular flexibility index (Phi) is 5.09. The minimum atomic E-state index is -0.390. The van der Waals surface area contributed by atoms with Crippen molar-refractivity contribution >= 4 is 40.4 Å². The molecule has 2 fully saturated rings. The van der Waals surface area contributed by atoms with Crippen molar-refractivity contribution in [1.82, 2.24) is 14.9 Å². The Morgan fingerprint density at radius 1 is 1.27 bits per heavy atom. The monoisotopic (exact) mass is 393 g/mol. The quantitative estimate of drug-likeness (QED) is 0.632. The summed E-state index contributed by atoms with van der Waals surface area (Å²) in [6.07, 6.45) is 4.86. The highest BCUT2D eigenvalue weighted by Gasteiger charge is 2.26. The Hall–Kier alpha value is -1.73. The van der Waals surface area contributed by atoms with Crippen LogP contribution in [0, 0.1) is 0 Å². The number of rotatable bonds is 4. The van der Waals surface area contributed by atoms with Gasteiger partial charge in [0, 0.05) is 16.8 Å². The summed E-state index contributed by atoms with van der Waals surface area (Å²) >= 11 is 7.55. The van der Waals surface area contributed by atoms with Gasteiger partial charge in [-0.25, -0.2) is 9.78 Å². The van der Waals surface area contributed by atoms with Gasteiger partial charge in [0.15, 0.2) is 5.16 Å². The van der Waals surface area contributed by atoms with Crippen LogP contribution in [0.2, 0.25) is 5.02 Å². The lowest BCUT2D eigenvalue weighted by Gasteiger charge is -2.26. The number of thioether (sulfide) groups is 1. The number of carbonyl (C=O) groups is 1. The van der Waals surface area contributed by atoms with Crippen LogP contribution in [0.4, 0.5) is 4.79 Å². The molecule has 1 amide bonds. The van der Waals surface area contributed by atoms with Crippen LogP contribution in [0.15, 0.2) is 28.2 Å². The molecule has 2 heterocycles. The summed E-state index contributed by atoms with van der Waals surface area (Å²) in [6, 6.07) is 5.39. The first-order chi connectivity index (χ1) is 12.6. The fraction of sp³-hybridized carbons (Fsp3) is 0.500.